The fourth-order valence-corrected chi connectivity index (χ4v) is 4.65. The maximum Gasteiger partial charge on any atom is 0.227 e. The van der Waals surface area contributed by atoms with Crippen LogP contribution in [0.3, 0.4) is 0 Å². The van der Waals surface area contributed by atoms with E-state index in [0.29, 0.717) is 5.56 Å². The smallest absolute Gasteiger partial charge is 0.227 e. The quantitative estimate of drug-likeness (QED) is 0.669. The van der Waals surface area contributed by atoms with E-state index in [1.807, 2.05) is 24.3 Å². The maximum absolute atomic E-state index is 13.1. The summed E-state index contributed by atoms with van der Waals surface area (Å²) in [6.45, 7) is 2.47. The van der Waals surface area contributed by atoms with E-state index in [4.69, 9.17) is 5.26 Å². The zero-order valence-corrected chi connectivity index (χ0v) is 17.9. The summed E-state index contributed by atoms with van der Waals surface area (Å²) < 4.78 is 0. The highest BCUT2D eigenvalue weighted by molar-refractivity contribution is 5.97. The molecule has 2 aliphatic rings. The SMILES string of the molecule is N#Cc1ccc(N2CCC(C(=O)Nc3ccccc3N3CCc4ccccc43)CC2)nc1. The Kier molecular flexibility index (Phi) is 5.47. The fraction of sp³-hybridized carbons (Fsp3) is 0.269. The molecule has 1 N–H and O–H groups in total. The number of carbonyl (C=O) groups excluding carboxylic acids is 1. The molecule has 0 bridgehead atoms. The first-order valence-electron chi connectivity index (χ1n) is 11.1. The number of nitrogens with zero attached hydrogens (tertiary/aromatic N) is 4. The summed E-state index contributed by atoms with van der Waals surface area (Å²) in [5.41, 5.74) is 5.03. The van der Waals surface area contributed by atoms with Gasteiger partial charge in [-0.2, -0.15) is 5.26 Å². The van der Waals surface area contributed by atoms with Gasteiger partial charge in [0.1, 0.15) is 11.9 Å². The number of pyridine rings is 1. The Hall–Kier alpha value is -3.85. The average Bonchev–Trinajstić information content (AvgIpc) is 3.28. The number of carbonyl (C=O) groups is 1. The molecule has 32 heavy (non-hydrogen) atoms. The van der Waals surface area contributed by atoms with Gasteiger partial charge >= 0.3 is 0 Å². The van der Waals surface area contributed by atoms with E-state index in [1.165, 1.54) is 11.3 Å². The normalized spacial score (nSPS) is 15.8. The second-order valence-electron chi connectivity index (χ2n) is 8.31. The van der Waals surface area contributed by atoms with Crippen LogP contribution >= 0.6 is 0 Å². The fourth-order valence-electron chi connectivity index (χ4n) is 4.65. The number of rotatable bonds is 4. The van der Waals surface area contributed by atoms with Crippen molar-refractivity contribution in [2.75, 3.05) is 34.8 Å². The Morgan fingerprint density at radius 2 is 1.72 bits per heavy atom. The zero-order valence-electron chi connectivity index (χ0n) is 17.9. The van der Waals surface area contributed by atoms with Crippen molar-refractivity contribution in [3.63, 3.8) is 0 Å². The largest absolute Gasteiger partial charge is 0.357 e. The van der Waals surface area contributed by atoms with E-state index < -0.39 is 0 Å². The van der Waals surface area contributed by atoms with Gasteiger partial charge in [-0.25, -0.2) is 4.98 Å². The minimum absolute atomic E-state index is 0.0245. The number of aromatic nitrogens is 1. The summed E-state index contributed by atoms with van der Waals surface area (Å²) in [4.78, 5) is 22.0. The number of para-hydroxylation sites is 3. The first-order chi connectivity index (χ1) is 15.7. The number of piperidine rings is 1. The molecule has 6 heteroatoms. The van der Waals surface area contributed by atoms with Crippen molar-refractivity contribution in [1.82, 2.24) is 4.98 Å². The second kappa shape index (κ2) is 8.72. The molecule has 2 aromatic carbocycles. The lowest BCUT2D eigenvalue weighted by Gasteiger charge is -2.32. The number of hydrogen-bond donors (Lipinski definition) is 1. The highest BCUT2D eigenvalue weighted by atomic mass is 16.1. The van der Waals surface area contributed by atoms with Crippen LogP contribution in [0.1, 0.15) is 24.0 Å². The van der Waals surface area contributed by atoms with Gasteiger partial charge < -0.3 is 15.1 Å². The van der Waals surface area contributed by atoms with Gasteiger partial charge in [-0.05, 0) is 55.2 Å². The predicted octanol–water partition coefficient (Wildman–Crippen LogP) is 4.50. The van der Waals surface area contributed by atoms with Crippen LogP contribution in [0.4, 0.5) is 22.9 Å². The number of nitrogens with one attached hydrogen (secondary N) is 1. The molecular weight excluding hydrogens is 398 g/mol. The lowest BCUT2D eigenvalue weighted by Crippen LogP contribution is -2.38. The van der Waals surface area contributed by atoms with Gasteiger partial charge in [-0.15, -0.1) is 0 Å². The number of nitriles is 1. The first kappa shape index (κ1) is 20.1. The van der Waals surface area contributed by atoms with Crippen LogP contribution in [-0.4, -0.2) is 30.5 Å². The number of benzene rings is 2. The molecule has 0 spiro atoms. The summed E-state index contributed by atoms with van der Waals surface area (Å²) in [5.74, 6) is 0.918. The van der Waals surface area contributed by atoms with E-state index in [1.54, 1.807) is 12.3 Å². The zero-order chi connectivity index (χ0) is 21.9. The summed E-state index contributed by atoms with van der Waals surface area (Å²) in [6, 6.07) is 22.3. The Morgan fingerprint density at radius 1 is 0.969 bits per heavy atom. The Bertz CT molecular complexity index is 1160. The highest BCUT2D eigenvalue weighted by Crippen LogP contribution is 2.38. The first-order valence-corrected chi connectivity index (χ1v) is 11.1. The molecular formula is C26H25N5O. The van der Waals surface area contributed by atoms with Crippen LogP contribution in [-0.2, 0) is 11.2 Å². The van der Waals surface area contributed by atoms with E-state index >= 15 is 0 Å². The Balaban J connectivity index is 1.25. The van der Waals surface area contributed by atoms with Crippen molar-refractivity contribution in [3.8, 4) is 6.07 Å². The molecule has 160 valence electrons. The van der Waals surface area contributed by atoms with Gasteiger partial charge in [0.25, 0.3) is 0 Å². The summed E-state index contributed by atoms with van der Waals surface area (Å²) in [6.07, 6.45) is 4.17. The van der Waals surface area contributed by atoms with E-state index in [9.17, 15) is 4.79 Å². The minimum Gasteiger partial charge on any atom is -0.357 e. The lowest BCUT2D eigenvalue weighted by atomic mass is 9.95. The number of fused-ring (bicyclic) bond motifs is 1. The van der Waals surface area contributed by atoms with Gasteiger partial charge in [0.05, 0.1) is 16.9 Å². The van der Waals surface area contributed by atoms with Crippen LogP contribution in [0, 0.1) is 17.2 Å². The molecule has 0 unspecified atom stereocenters. The van der Waals surface area contributed by atoms with Crippen molar-refractivity contribution >= 4 is 28.8 Å². The van der Waals surface area contributed by atoms with Gasteiger partial charge in [0.15, 0.2) is 0 Å². The van der Waals surface area contributed by atoms with Crippen LogP contribution in [0.2, 0.25) is 0 Å². The molecule has 0 radical (unpaired) electrons. The number of anilines is 4. The van der Waals surface area contributed by atoms with Gasteiger partial charge in [-0.1, -0.05) is 30.3 Å². The van der Waals surface area contributed by atoms with Crippen molar-refractivity contribution in [1.29, 1.82) is 5.26 Å². The van der Waals surface area contributed by atoms with Crippen LogP contribution < -0.4 is 15.1 Å². The minimum atomic E-state index is -0.0245. The maximum atomic E-state index is 13.1. The van der Waals surface area contributed by atoms with Crippen molar-refractivity contribution in [2.24, 2.45) is 5.92 Å². The molecule has 1 amide bonds. The monoisotopic (exact) mass is 423 g/mol. The molecule has 1 saturated heterocycles. The molecule has 0 aliphatic carbocycles. The van der Waals surface area contributed by atoms with E-state index in [-0.39, 0.29) is 11.8 Å². The summed E-state index contributed by atoms with van der Waals surface area (Å²) in [5, 5.41) is 12.1. The standard InChI is InChI=1S/C26H25N5O/c27-17-19-9-10-25(28-18-19)30-14-11-21(12-15-30)26(32)29-22-6-2-4-8-24(22)31-16-13-20-5-1-3-7-23(20)31/h1-10,18,21H,11-16H2,(H,29,32). The third-order valence-corrected chi connectivity index (χ3v) is 6.41. The van der Waals surface area contributed by atoms with Gasteiger partial charge in [0.2, 0.25) is 5.91 Å². The summed E-state index contributed by atoms with van der Waals surface area (Å²) in [7, 11) is 0. The topological polar surface area (TPSA) is 72.3 Å². The molecule has 1 aromatic heterocycles. The highest BCUT2D eigenvalue weighted by Gasteiger charge is 2.27. The Morgan fingerprint density at radius 3 is 2.47 bits per heavy atom. The molecule has 2 aliphatic heterocycles. The molecule has 3 aromatic rings. The molecule has 5 rings (SSSR count). The second-order valence-corrected chi connectivity index (χ2v) is 8.31. The van der Waals surface area contributed by atoms with E-state index in [2.05, 4.69) is 56.5 Å². The average molecular weight is 424 g/mol. The lowest BCUT2D eigenvalue weighted by molar-refractivity contribution is -0.120. The van der Waals surface area contributed by atoms with Gasteiger partial charge in [-0.3, -0.25) is 4.79 Å². The van der Waals surface area contributed by atoms with Gasteiger partial charge in [0, 0.05) is 37.4 Å². The number of hydrogen-bond acceptors (Lipinski definition) is 5. The summed E-state index contributed by atoms with van der Waals surface area (Å²) >= 11 is 0. The van der Waals surface area contributed by atoms with Crippen LogP contribution in [0.25, 0.3) is 0 Å². The van der Waals surface area contributed by atoms with Crippen molar-refractivity contribution in [3.05, 3.63) is 78.0 Å². The molecule has 1 fully saturated rings. The van der Waals surface area contributed by atoms with Crippen LogP contribution in [0.5, 0.6) is 0 Å². The molecule has 6 nitrogen and oxygen atoms in total. The third kappa shape index (κ3) is 3.90. The van der Waals surface area contributed by atoms with Crippen LogP contribution in [0.15, 0.2) is 66.9 Å². The molecule has 0 saturated carbocycles. The molecule has 3 heterocycles. The van der Waals surface area contributed by atoms with Crippen molar-refractivity contribution in [2.45, 2.75) is 19.3 Å². The van der Waals surface area contributed by atoms with Crippen molar-refractivity contribution < 1.29 is 4.79 Å². The molecule has 0 atom stereocenters. The Labute approximate surface area is 188 Å². The third-order valence-electron chi connectivity index (χ3n) is 6.41. The number of amides is 1. The predicted molar refractivity (Wildman–Crippen MR) is 126 cm³/mol. The van der Waals surface area contributed by atoms with E-state index in [0.717, 1.165) is 56.1 Å².